The number of aliphatic hydroxyl groups excluding tert-OH is 1. The molecule has 3 heterocycles. The molecule has 0 saturated carbocycles. The Hall–Kier alpha value is 0.725. The summed E-state index contributed by atoms with van der Waals surface area (Å²) in [5, 5.41) is 9.91. The monoisotopic (exact) mass is 368 g/mol. The third-order valence-corrected chi connectivity index (χ3v) is 10.2. The predicted molar refractivity (Wildman–Crippen MR) is 113 cm³/mol. The lowest BCUT2D eigenvalue weighted by molar-refractivity contribution is 0.178. The van der Waals surface area contributed by atoms with Gasteiger partial charge in [-0.25, -0.2) is 0 Å². The van der Waals surface area contributed by atoms with Crippen LogP contribution in [0.25, 0.3) is 0 Å². The zero-order valence-electron chi connectivity index (χ0n) is 15.7. The van der Waals surface area contributed by atoms with Gasteiger partial charge in [0, 0.05) is 0 Å². The first-order valence-electron chi connectivity index (χ1n) is 10.6. The molecule has 3 aliphatic heterocycles. The lowest BCUT2D eigenvalue weighted by atomic mass is 9.26. The van der Waals surface area contributed by atoms with Gasteiger partial charge in [0.25, 0.3) is 0 Å². The maximum atomic E-state index is 9.91. The highest BCUT2D eigenvalue weighted by molar-refractivity contribution is 8.18. The van der Waals surface area contributed by atoms with Crippen LogP contribution in [0.4, 0.5) is 0 Å². The van der Waals surface area contributed by atoms with Crippen molar-refractivity contribution in [3.8, 4) is 0 Å². The molecule has 0 aliphatic carbocycles. The van der Waals surface area contributed by atoms with Crippen molar-refractivity contribution in [2.24, 2.45) is 0 Å². The van der Waals surface area contributed by atoms with Crippen LogP contribution >= 0.6 is 23.5 Å². The van der Waals surface area contributed by atoms with Crippen molar-refractivity contribution in [1.29, 1.82) is 0 Å². The van der Waals surface area contributed by atoms with Crippen LogP contribution in [0.1, 0.15) is 84.0 Å². The van der Waals surface area contributed by atoms with E-state index in [1.807, 2.05) is 6.92 Å². The van der Waals surface area contributed by atoms with Gasteiger partial charge < -0.3 is 5.11 Å². The summed E-state index contributed by atoms with van der Waals surface area (Å²) < 4.78 is 0.327. The number of aliphatic hydroxyl groups is 1. The number of rotatable bonds is 8. The first-order chi connectivity index (χ1) is 11.7. The second-order valence-electron chi connectivity index (χ2n) is 8.66. The fraction of sp³-hybridized carbons (Fsp3) is 1.00. The number of fused-ring (bicyclic) bond motifs is 2. The summed E-state index contributed by atoms with van der Waals surface area (Å²) >= 11 is 4.28. The van der Waals surface area contributed by atoms with Crippen LogP contribution in [-0.2, 0) is 0 Å². The highest BCUT2D eigenvalue weighted by atomic mass is 32.2. The third-order valence-electron chi connectivity index (χ3n) is 6.73. The largest absolute Gasteiger partial charge is 0.393 e. The lowest BCUT2D eigenvalue weighted by Gasteiger charge is -2.41. The maximum absolute atomic E-state index is 9.91. The lowest BCUT2D eigenvalue weighted by Crippen LogP contribution is -2.34. The minimum absolute atomic E-state index is 0.148. The molecule has 3 fully saturated rings. The molecule has 138 valence electrons. The number of hydrogen-bond acceptors (Lipinski definition) is 3. The summed E-state index contributed by atoms with van der Waals surface area (Å²) in [6.45, 7) is 3.05. The Morgan fingerprint density at radius 3 is 2.17 bits per heavy atom. The van der Waals surface area contributed by atoms with E-state index in [0.717, 1.165) is 24.8 Å². The summed E-state index contributed by atoms with van der Waals surface area (Å²) in [6.07, 6.45) is 18.4. The highest BCUT2D eigenvalue weighted by Gasteiger charge is 2.38. The molecule has 0 aromatic rings. The van der Waals surface area contributed by atoms with Crippen molar-refractivity contribution >= 4 is 30.2 Å². The van der Waals surface area contributed by atoms with Crippen LogP contribution in [0.2, 0.25) is 18.0 Å². The molecule has 3 aliphatic rings. The molecule has 24 heavy (non-hydrogen) atoms. The average molecular weight is 368 g/mol. The van der Waals surface area contributed by atoms with Crippen molar-refractivity contribution < 1.29 is 5.11 Å². The van der Waals surface area contributed by atoms with Crippen molar-refractivity contribution in [3.05, 3.63) is 0 Å². The maximum Gasteiger partial charge on any atom is 0.146 e. The molecule has 2 bridgehead atoms. The van der Waals surface area contributed by atoms with Crippen molar-refractivity contribution in [2.45, 2.75) is 112 Å². The summed E-state index contributed by atoms with van der Waals surface area (Å²) in [4.78, 5) is 0. The number of thioether (sulfide) groups is 2. The van der Waals surface area contributed by atoms with E-state index in [0.29, 0.717) is 4.08 Å². The van der Waals surface area contributed by atoms with Crippen LogP contribution in [-0.4, -0.2) is 33.5 Å². The van der Waals surface area contributed by atoms with Crippen molar-refractivity contribution in [1.82, 2.24) is 0 Å². The Morgan fingerprint density at radius 2 is 1.58 bits per heavy atom. The van der Waals surface area contributed by atoms with Gasteiger partial charge >= 0.3 is 0 Å². The van der Waals surface area contributed by atoms with Gasteiger partial charge in [0.05, 0.1) is 10.2 Å². The van der Waals surface area contributed by atoms with Gasteiger partial charge in [0.2, 0.25) is 0 Å². The summed E-state index contributed by atoms with van der Waals surface area (Å²) in [5.41, 5.74) is 0. The first kappa shape index (κ1) is 19.5. The van der Waals surface area contributed by atoms with Gasteiger partial charge in [0.15, 0.2) is 0 Å². The van der Waals surface area contributed by atoms with Crippen LogP contribution in [0.15, 0.2) is 0 Å². The molecular weight excluding hydrogens is 331 g/mol. The SMILES string of the molecule is C[C@H](O)CC1(CCCCCB2C3CCCC2CCC3)SCCCS1. The van der Waals surface area contributed by atoms with E-state index >= 15 is 0 Å². The van der Waals surface area contributed by atoms with Crippen LogP contribution < -0.4 is 0 Å². The fourth-order valence-corrected chi connectivity index (χ4v) is 9.30. The Balaban J connectivity index is 1.38. The van der Waals surface area contributed by atoms with Crippen molar-refractivity contribution in [3.63, 3.8) is 0 Å². The smallest absolute Gasteiger partial charge is 0.146 e. The van der Waals surface area contributed by atoms with E-state index < -0.39 is 0 Å². The van der Waals surface area contributed by atoms with E-state index in [4.69, 9.17) is 0 Å². The topological polar surface area (TPSA) is 20.2 Å². The van der Waals surface area contributed by atoms with Crippen LogP contribution in [0.5, 0.6) is 0 Å². The molecule has 0 radical (unpaired) electrons. The molecule has 0 aromatic heterocycles. The third kappa shape index (κ3) is 5.36. The summed E-state index contributed by atoms with van der Waals surface area (Å²) in [7, 11) is 0. The van der Waals surface area contributed by atoms with Crippen LogP contribution in [0, 0.1) is 0 Å². The normalized spacial score (nSPS) is 31.0. The molecule has 3 rings (SSSR count). The molecule has 0 aromatic carbocycles. The van der Waals surface area contributed by atoms with E-state index in [9.17, 15) is 5.11 Å². The van der Waals surface area contributed by atoms with Crippen LogP contribution in [0.3, 0.4) is 0 Å². The average Bonchev–Trinajstić information content (AvgIpc) is 2.54. The number of hydrogen-bond donors (Lipinski definition) is 1. The zero-order chi connectivity index (χ0) is 16.8. The molecule has 0 unspecified atom stereocenters. The Labute approximate surface area is 159 Å². The van der Waals surface area contributed by atoms with E-state index in [1.54, 1.807) is 0 Å². The number of unbranched alkanes of at least 4 members (excludes halogenated alkanes) is 2. The van der Waals surface area contributed by atoms with Gasteiger partial charge in [-0.2, -0.15) is 0 Å². The Kier molecular flexibility index (Phi) is 7.79. The van der Waals surface area contributed by atoms with Gasteiger partial charge in [-0.05, 0) is 37.7 Å². The molecular formula is C20H37BOS2. The Morgan fingerprint density at radius 1 is 0.958 bits per heavy atom. The van der Waals surface area contributed by atoms with E-state index in [2.05, 4.69) is 23.5 Å². The predicted octanol–water partition coefficient (Wildman–Crippen LogP) is 6.49. The Bertz CT molecular complexity index is 349. The summed E-state index contributed by atoms with van der Waals surface area (Å²) in [6, 6.07) is 0. The zero-order valence-corrected chi connectivity index (χ0v) is 17.3. The molecule has 1 nitrogen and oxygen atoms in total. The highest BCUT2D eigenvalue weighted by Crippen LogP contribution is 2.50. The second kappa shape index (κ2) is 9.60. The van der Waals surface area contributed by atoms with Gasteiger partial charge in [0.1, 0.15) is 6.71 Å². The van der Waals surface area contributed by atoms with Gasteiger partial charge in [-0.1, -0.05) is 75.7 Å². The fourth-order valence-electron chi connectivity index (χ4n) is 5.67. The van der Waals surface area contributed by atoms with Crippen molar-refractivity contribution in [2.75, 3.05) is 11.5 Å². The minimum atomic E-state index is -0.148. The standard InChI is InChI=1S/C20H37BOS2/c1-17(22)16-20(23-14-7-15-24-20)12-3-2-4-13-21-18-8-5-9-19(21)11-6-10-18/h17-19,22H,2-16H2,1H3/t17-,18?,19?/m0/s1. The van der Waals surface area contributed by atoms with E-state index in [1.165, 1.54) is 88.5 Å². The molecule has 1 N–H and O–H groups in total. The first-order valence-corrected chi connectivity index (χ1v) is 12.6. The molecule has 1 atom stereocenters. The van der Waals surface area contributed by atoms with Gasteiger partial charge in [-0.15, -0.1) is 23.5 Å². The molecule has 0 amide bonds. The molecule has 0 spiro atoms. The quantitative estimate of drug-likeness (QED) is 0.391. The minimum Gasteiger partial charge on any atom is -0.393 e. The summed E-state index contributed by atoms with van der Waals surface area (Å²) in [5.74, 6) is 4.77. The molecule has 4 heteroatoms. The van der Waals surface area contributed by atoms with Gasteiger partial charge in [-0.3, -0.25) is 0 Å². The second-order valence-corrected chi connectivity index (χ2v) is 11.9. The van der Waals surface area contributed by atoms with E-state index in [-0.39, 0.29) is 6.10 Å². The molecule has 3 saturated heterocycles.